The van der Waals surface area contributed by atoms with Gasteiger partial charge in [0, 0.05) is 17.0 Å². The van der Waals surface area contributed by atoms with Crippen LogP contribution in [0.4, 0.5) is 5.69 Å². The molecule has 20 heavy (non-hydrogen) atoms. The second kappa shape index (κ2) is 8.61. The number of thioether (sulfide) groups is 1. The van der Waals surface area contributed by atoms with Crippen molar-refractivity contribution in [2.75, 3.05) is 11.1 Å². The zero-order chi connectivity index (χ0) is 14.2. The van der Waals surface area contributed by atoms with E-state index < -0.39 is 0 Å². The first kappa shape index (κ1) is 15.8. The van der Waals surface area contributed by atoms with Gasteiger partial charge in [-0.05, 0) is 43.1 Å². The Balaban J connectivity index is 1.90. The summed E-state index contributed by atoms with van der Waals surface area (Å²) in [5, 5.41) is 4.58. The summed E-state index contributed by atoms with van der Waals surface area (Å²) in [6.07, 6.45) is 8.26. The van der Waals surface area contributed by atoms with Crippen LogP contribution in [-0.2, 0) is 0 Å². The average Bonchev–Trinajstić information content (AvgIpc) is 2.65. The minimum absolute atomic E-state index is 0.650. The number of para-hydroxylation sites is 1. The van der Waals surface area contributed by atoms with Gasteiger partial charge in [0.15, 0.2) is 0 Å². The van der Waals surface area contributed by atoms with E-state index >= 15 is 0 Å². The van der Waals surface area contributed by atoms with Gasteiger partial charge >= 0.3 is 0 Å². The van der Waals surface area contributed by atoms with E-state index in [1.165, 1.54) is 50.0 Å². The Hall–Kier alpha value is -0.630. The molecule has 2 heteroatoms. The highest BCUT2D eigenvalue weighted by Crippen LogP contribution is 2.30. The van der Waals surface area contributed by atoms with Crippen molar-refractivity contribution in [2.24, 2.45) is 5.92 Å². The summed E-state index contributed by atoms with van der Waals surface area (Å²) < 4.78 is 0. The smallest absolute Gasteiger partial charge is 0.0380 e. The van der Waals surface area contributed by atoms with Crippen LogP contribution >= 0.6 is 11.8 Å². The molecule has 0 spiro atoms. The third-order valence-corrected chi connectivity index (χ3v) is 5.57. The lowest BCUT2D eigenvalue weighted by Gasteiger charge is -2.27. The molecule has 1 aromatic rings. The van der Waals surface area contributed by atoms with Gasteiger partial charge in [0.25, 0.3) is 0 Å². The highest BCUT2D eigenvalue weighted by atomic mass is 32.2. The molecule has 0 bridgehead atoms. The molecule has 0 aliphatic heterocycles. The van der Waals surface area contributed by atoms with Gasteiger partial charge in [-0.1, -0.05) is 51.3 Å². The molecule has 0 aromatic heterocycles. The van der Waals surface area contributed by atoms with Crippen LogP contribution in [0.5, 0.6) is 0 Å². The van der Waals surface area contributed by atoms with Crippen molar-refractivity contribution < 1.29 is 0 Å². The fraction of sp³-hybridized carbons (Fsp3) is 0.667. The molecule has 0 radical (unpaired) electrons. The Kier molecular flexibility index (Phi) is 6.78. The van der Waals surface area contributed by atoms with Gasteiger partial charge in [-0.15, -0.1) is 0 Å². The van der Waals surface area contributed by atoms with Gasteiger partial charge in [-0.25, -0.2) is 0 Å². The van der Waals surface area contributed by atoms with Crippen molar-refractivity contribution in [2.45, 2.75) is 63.7 Å². The summed E-state index contributed by atoms with van der Waals surface area (Å²) in [5.74, 6) is 2.14. The first-order valence-corrected chi connectivity index (χ1v) is 9.24. The standard InChI is InChI=1S/C18H29NS/c1-15(2)13-14-20-18-12-8-4-7-11-17(18)19-16-9-5-3-6-10-16/h3,5-6,9-10,15,17-19H,4,7-8,11-14H2,1-2H3/t17-,18-/m1/s1. The van der Waals surface area contributed by atoms with E-state index in [0.717, 1.165) is 11.2 Å². The summed E-state index contributed by atoms with van der Waals surface area (Å²) in [6, 6.07) is 11.4. The number of hydrogen-bond donors (Lipinski definition) is 1. The van der Waals surface area contributed by atoms with Crippen LogP contribution in [0.15, 0.2) is 30.3 Å². The van der Waals surface area contributed by atoms with Crippen molar-refractivity contribution in [3.8, 4) is 0 Å². The largest absolute Gasteiger partial charge is 0.381 e. The minimum atomic E-state index is 0.650. The van der Waals surface area contributed by atoms with Crippen LogP contribution in [0, 0.1) is 5.92 Å². The maximum Gasteiger partial charge on any atom is 0.0380 e. The summed E-state index contributed by atoms with van der Waals surface area (Å²) in [5.41, 5.74) is 1.29. The molecule has 2 rings (SSSR count). The van der Waals surface area contributed by atoms with E-state index in [1.54, 1.807) is 0 Å². The van der Waals surface area contributed by atoms with Crippen LogP contribution in [0.1, 0.15) is 52.4 Å². The van der Waals surface area contributed by atoms with Crippen molar-refractivity contribution in [1.29, 1.82) is 0 Å². The predicted molar refractivity (Wildman–Crippen MR) is 92.6 cm³/mol. The number of nitrogens with one attached hydrogen (secondary N) is 1. The molecule has 112 valence electrons. The topological polar surface area (TPSA) is 12.0 Å². The van der Waals surface area contributed by atoms with Crippen molar-refractivity contribution >= 4 is 17.4 Å². The fourth-order valence-electron chi connectivity index (χ4n) is 2.84. The Labute approximate surface area is 128 Å². The van der Waals surface area contributed by atoms with Gasteiger partial charge in [-0.2, -0.15) is 11.8 Å². The van der Waals surface area contributed by atoms with Crippen molar-refractivity contribution in [3.63, 3.8) is 0 Å². The Morgan fingerprint density at radius 2 is 1.85 bits per heavy atom. The van der Waals surface area contributed by atoms with Gasteiger partial charge in [0.05, 0.1) is 0 Å². The van der Waals surface area contributed by atoms with Gasteiger partial charge in [-0.3, -0.25) is 0 Å². The van der Waals surface area contributed by atoms with Crippen molar-refractivity contribution in [3.05, 3.63) is 30.3 Å². The van der Waals surface area contributed by atoms with E-state index in [4.69, 9.17) is 0 Å². The molecule has 0 amide bonds. The molecular formula is C18H29NS. The summed E-state index contributed by atoms with van der Waals surface area (Å²) in [4.78, 5) is 0. The van der Waals surface area contributed by atoms with Crippen LogP contribution in [-0.4, -0.2) is 17.0 Å². The third-order valence-electron chi connectivity index (χ3n) is 4.11. The lowest BCUT2D eigenvalue weighted by atomic mass is 10.1. The second-order valence-electron chi connectivity index (χ2n) is 6.35. The molecule has 1 N–H and O–H groups in total. The van der Waals surface area contributed by atoms with Gasteiger partial charge in [0.1, 0.15) is 0 Å². The predicted octanol–water partition coefficient (Wildman–Crippen LogP) is 5.58. The molecule has 1 aliphatic carbocycles. The first-order valence-electron chi connectivity index (χ1n) is 8.19. The lowest BCUT2D eigenvalue weighted by Crippen LogP contribution is -2.30. The molecule has 1 aliphatic rings. The van der Waals surface area contributed by atoms with E-state index in [0.29, 0.717) is 6.04 Å². The third kappa shape index (κ3) is 5.40. The number of hydrogen-bond acceptors (Lipinski definition) is 2. The summed E-state index contributed by atoms with van der Waals surface area (Å²) in [7, 11) is 0. The van der Waals surface area contributed by atoms with Crippen LogP contribution < -0.4 is 5.32 Å². The normalized spacial score (nSPS) is 23.6. The lowest BCUT2D eigenvalue weighted by molar-refractivity contribution is 0.618. The van der Waals surface area contributed by atoms with E-state index in [1.807, 2.05) is 0 Å². The second-order valence-corrected chi connectivity index (χ2v) is 7.69. The highest BCUT2D eigenvalue weighted by Gasteiger charge is 2.23. The maximum atomic E-state index is 3.79. The van der Waals surface area contributed by atoms with Gasteiger partial charge < -0.3 is 5.32 Å². The zero-order valence-corrected chi connectivity index (χ0v) is 13.8. The summed E-state index contributed by atoms with van der Waals surface area (Å²) in [6.45, 7) is 4.65. The van der Waals surface area contributed by atoms with E-state index in [2.05, 4.69) is 61.3 Å². The average molecular weight is 292 g/mol. The molecule has 0 saturated heterocycles. The molecule has 1 nitrogen and oxygen atoms in total. The maximum absolute atomic E-state index is 3.79. The number of benzene rings is 1. The van der Waals surface area contributed by atoms with E-state index in [-0.39, 0.29) is 0 Å². The van der Waals surface area contributed by atoms with Gasteiger partial charge in [0.2, 0.25) is 0 Å². The quantitative estimate of drug-likeness (QED) is 0.687. The Morgan fingerprint density at radius 3 is 2.60 bits per heavy atom. The minimum Gasteiger partial charge on any atom is -0.381 e. The highest BCUT2D eigenvalue weighted by molar-refractivity contribution is 7.99. The Bertz CT molecular complexity index is 363. The molecule has 1 aromatic carbocycles. The summed E-state index contributed by atoms with van der Waals surface area (Å²) >= 11 is 2.20. The molecule has 1 saturated carbocycles. The van der Waals surface area contributed by atoms with Crippen LogP contribution in [0.3, 0.4) is 0 Å². The number of anilines is 1. The molecule has 0 heterocycles. The first-order chi connectivity index (χ1) is 9.75. The van der Waals surface area contributed by atoms with Crippen LogP contribution in [0.2, 0.25) is 0 Å². The van der Waals surface area contributed by atoms with Crippen LogP contribution in [0.25, 0.3) is 0 Å². The molecule has 0 unspecified atom stereocenters. The zero-order valence-electron chi connectivity index (χ0n) is 13.0. The molecule has 1 fully saturated rings. The Morgan fingerprint density at radius 1 is 1.10 bits per heavy atom. The number of rotatable bonds is 6. The molecule has 2 atom stereocenters. The fourth-order valence-corrected chi connectivity index (χ4v) is 4.52. The van der Waals surface area contributed by atoms with Crippen molar-refractivity contribution in [1.82, 2.24) is 0 Å². The monoisotopic (exact) mass is 291 g/mol. The SMILES string of the molecule is CC(C)CCS[C@@H]1CCCCC[C@H]1Nc1ccccc1. The van der Waals surface area contributed by atoms with E-state index in [9.17, 15) is 0 Å². The molecular weight excluding hydrogens is 262 g/mol.